The molecule has 0 saturated carbocycles. The van der Waals surface area contributed by atoms with Gasteiger partial charge in [0.15, 0.2) is 12.4 Å². The number of carbonyl (C=O) groups is 1. The normalized spacial score (nSPS) is 14.7. The Bertz CT molecular complexity index is 804. The van der Waals surface area contributed by atoms with Crippen molar-refractivity contribution < 1.29 is 9.63 Å². The highest BCUT2D eigenvalue weighted by molar-refractivity contribution is 6.33. The van der Waals surface area contributed by atoms with Crippen molar-refractivity contribution in [1.82, 2.24) is 4.98 Å². The molecule has 0 aliphatic carbocycles. The first-order valence-corrected chi connectivity index (χ1v) is 9.22. The lowest BCUT2D eigenvalue weighted by Crippen LogP contribution is -2.30. The predicted molar refractivity (Wildman–Crippen MR) is 107 cm³/mol. The second kappa shape index (κ2) is 9.23. The van der Waals surface area contributed by atoms with Crippen molar-refractivity contribution in [3.05, 3.63) is 53.2 Å². The number of benzene rings is 1. The molecule has 0 unspecified atom stereocenters. The maximum absolute atomic E-state index is 11.9. The second-order valence-electron chi connectivity index (χ2n) is 6.23. The van der Waals surface area contributed by atoms with E-state index in [2.05, 4.69) is 20.4 Å². The summed E-state index contributed by atoms with van der Waals surface area (Å²) in [6.07, 6.45) is 5.32. The summed E-state index contributed by atoms with van der Waals surface area (Å²) in [4.78, 5) is 23.6. The summed E-state index contributed by atoms with van der Waals surface area (Å²) >= 11 is 5.99. The van der Waals surface area contributed by atoms with E-state index in [9.17, 15) is 4.79 Å². The number of amidine groups is 1. The minimum absolute atomic E-state index is 0.165. The molecule has 2 heterocycles. The number of nitrogens with two attached hydrogens (primary N) is 1. The highest BCUT2D eigenvalue weighted by atomic mass is 35.5. The first-order valence-electron chi connectivity index (χ1n) is 8.84. The van der Waals surface area contributed by atoms with Gasteiger partial charge in [0.05, 0.1) is 10.7 Å². The molecular weight excluding hydrogens is 366 g/mol. The van der Waals surface area contributed by atoms with Crippen LogP contribution in [0.15, 0.2) is 47.8 Å². The number of rotatable bonds is 6. The SMILES string of the molecule is N/C(=N\OCC(=O)Nc1ccccc1Cl)c1ccc(N2CCCCC2)nc1. The van der Waals surface area contributed by atoms with E-state index in [4.69, 9.17) is 22.2 Å². The third-order valence-corrected chi connectivity index (χ3v) is 4.56. The molecule has 27 heavy (non-hydrogen) atoms. The lowest BCUT2D eigenvalue weighted by atomic mass is 10.1. The molecular formula is C19H22ClN5O2. The van der Waals surface area contributed by atoms with Gasteiger partial charge in [0, 0.05) is 24.8 Å². The van der Waals surface area contributed by atoms with E-state index < -0.39 is 0 Å². The largest absolute Gasteiger partial charge is 0.384 e. The van der Waals surface area contributed by atoms with Gasteiger partial charge in [-0.15, -0.1) is 0 Å². The van der Waals surface area contributed by atoms with Crippen LogP contribution in [-0.4, -0.2) is 36.4 Å². The lowest BCUT2D eigenvalue weighted by Gasteiger charge is -2.27. The summed E-state index contributed by atoms with van der Waals surface area (Å²) in [7, 11) is 0. The molecule has 0 spiro atoms. The summed E-state index contributed by atoms with van der Waals surface area (Å²) < 4.78 is 0. The smallest absolute Gasteiger partial charge is 0.265 e. The first kappa shape index (κ1) is 19.0. The maximum atomic E-state index is 11.9. The molecule has 7 nitrogen and oxygen atoms in total. The standard InChI is InChI=1S/C19H22ClN5O2/c20-15-6-2-3-7-16(15)23-18(26)13-27-24-19(21)14-8-9-17(22-12-14)25-10-4-1-5-11-25/h2-3,6-9,12H,1,4-5,10-11,13H2,(H2,21,24)(H,23,26). The molecule has 2 aromatic rings. The van der Waals surface area contributed by atoms with Gasteiger partial charge in [-0.3, -0.25) is 4.79 Å². The van der Waals surface area contributed by atoms with E-state index in [1.807, 2.05) is 12.1 Å². The number of aromatic nitrogens is 1. The molecule has 1 fully saturated rings. The van der Waals surface area contributed by atoms with E-state index in [0.717, 1.165) is 18.9 Å². The Labute approximate surface area is 163 Å². The molecule has 1 aromatic carbocycles. The van der Waals surface area contributed by atoms with E-state index in [-0.39, 0.29) is 18.3 Å². The Balaban J connectivity index is 1.51. The predicted octanol–water partition coefficient (Wildman–Crippen LogP) is 3.00. The molecule has 1 amide bonds. The average molecular weight is 388 g/mol. The topological polar surface area (TPSA) is 92.8 Å². The summed E-state index contributed by atoms with van der Waals surface area (Å²) in [6, 6.07) is 10.7. The molecule has 3 N–H and O–H groups in total. The van der Waals surface area contributed by atoms with Crippen LogP contribution in [0.1, 0.15) is 24.8 Å². The molecule has 1 aromatic heterocycles. The minimum atomic E-state index is -0.377. The van der Waals surface area contributed by atoms with Crippen molar-refractivity contribution in [2.45, 2.75) is 19.3 Å². The van der Waals surface area contributed by atoms with Crippen LogP contribution in [0.4, 0.5) is 11.5 Å². The van der Waals surface area contributed by atoms with Crippen LogP contribution < -0.4 is 16.0 Å². The summed E-state index contributed by atoms with van der Waals surface area (Å²) in [5, 5.41) is 6.88. The zero-order chi connectivity index (χ0) is 19.1. The van der Waals surface area contributed by atoms with Crippen LogP contribution in [0.3, 0.4) is 0 Å². The number of carbonyl (C=O) groups excluding carboxylic acids is 1. The minimum Gasteiger partial charge on any atom is -0.384 e. The summed E-state index contributed by atoms with van der Waals surface area (Å²) in [6.45, 7) is 1.78. The fourth-order valence-corrected chi connectivity index (χ4v) is 2.99. The first-order chi connectivity index (χ1) is 13.1. The third-order valence-electron chi connectivity index (χ3n) is 4.23. The Kier molecular flexibility index (Phi) is 6.49. The molecule has 0 radical (unpaired) electrons. The van der Waals surface area contributed by atoms with E-state index in [0.29, 0.717) is 16.3 Å². The van der Waals surface area contributed by atoms with Crippen molar-refractivity contribution in [2.75, 3.05) is 29.9 Å². The number of anilines is 2. The van der Waals surface area contributed by atoms with Gasteiger partial charge in [0.1, 0.15) is 5.82 Å². The number of hydrogen-bond donors (Lipinski definition) is 2. The van der Waals surface area contributed by atoms with Crippen LogP contribution >= 0.6 is 11.6 Å². The van der Waals surface area contributed by atoms with Crippen molar-refractivity contribution >= 4 is 34.8 Å². The Morgan fingerprint density at radius 2 is 2.00 bits per heavy atom. The van der Waals surface area contributed by atoms with Crippen molar-refractivity contribution in [2.24, 2.45) is 10.9 Å². The van der Waals surface area contributed by atoms with Gasteiger partial charge < -0.3 is 20.8 Å². The molecule has 142 valence electrons. The molecule has 0 atom stereocenters. The zero-order valence-electron chi connectivity index (χ0n) is 14.9. The Morgan fingerprint density at radius 1 is 1.22 bits per heavy atom. The molecule has 1 aliphatic rings. The highest BCUT2D eigenvalue weighted by Gasteiger charge is 2.12. The number of halogens is 1. The van der Waals surface area contributed by atoms with Gasteiger partial charge in [0.2, 0.25) is 0 Å². The summed E-state index contributed by atoms with van der Waals surface area (Å²) in [5.41, 5.74) is 7.06. The number of amides is 1. The fraction of sp³-hybridized carbons (Fsp3) is 0.316. The average Bonchev–Trinajstić information content (AvgIpc) is 2.70. The molecule has 1 aliphatic heterocycles. The van der Waals surface area contributed by atoms with Gasteiger partial charge in [-0.25, -0.2) is 4.98 Å². The zero-order valence-corrected chi connectivity index (χ0v) is 15.7. The number of oxime groups is 1. The highest BCUT2D eigenvalue weighted by Crippen LogP contribution is 2.20. The molecule has 1 saturated heterocycles. The van der Waals surface area contributed by atoms with Crippen LogP contribution in [0.2, 0.25) is 5.02 Å². The molecule has 8 heteroatoms. The van der Waals surface area contributed by atoms with E-state index >= 15 is 0 Å². The van der Waals surface area contributed by atoms with Gasteiger partial charge in [-0.2, -0.15) is 0 Å². The van der Waals surface area contributed by atoms with Gasteiger partial charge >= 0.3 is 0 Å². The summed E-state index contributed by atoms with van der Waals surface area (Å²) in [5.74, 6) is 0.725. The number of pyridine rings is 1. The Morgan fingerprint density at radius 3 is 2.70 bits per heavy atom. The third kappa shape index (κ3) is 5.34. The van der Waals surface area contributed by atoms with Gasteiger partial charge in [0.25, 0.3) is 5.91 Å². The van der Waals surface area contributed by atoms with Crippen molar-refractivity contribution in [3.8, 4) is 0 Å². The lowest BCUT2D eigenvalue weighted by molar-refractivity contribution is -0.120. The number of piperidine rings is 1. The maximum Gasteiger partial charge on any atom is 0.265 e. The number of nitrogens with one attached hydrogen (secondary N) is 1. The monoisotopic (exact) mass is 387 g/mol. The van der Waals surface area contributed by atoms with Gasteiger partial charge in [-0.1, -0.05) is 28.9 Å². The van der Waals surface area contributed by atoms with Crippen LogP contribution in [0.5, 0.6) is 0 Å². The van der Waals surface area contributed by atoms with E-state index in [1.165, 1.54) is 19.3 Å². The number of hydrogen-bond acceptors (Lipinski definition) is 5. The van der Waals surface area contributed by atoms with Crippen LogP contribution in [0, 0.1) is 0 Å². The second-order valence-corrected chi connectivity index (χ2v) is 6.64. The number of para-hydroxylation sites is 1. The van der Waals surface area contributed by atoms with Crippen molar-refractivity contribution in [3.63, 3.8) is 0 Å². The fourth-order valence-electron chi connectivity index (χ4n) is 2.81. The van der Waals surface area contributed by atoms with Crippen LogP contribution in [0.25, 0.3) is 0 Å². The quantitative estimate of drug-likeness (QED) is 0.451. The molecule has 3 rings (SSSR count). The van der Waals surface area contributed by atoms with Crippen LogP contribution in [-0.2, 0) is 9.63 Å². The Hall–Kier alpha value is -2.80. The number of nitrogens with zero attached hydrogens (tertiary/aromatic N) is 3. The van der Waals surface area contributed by atoms with E-state index in [1.54, 1.807) is 30.5 Å². The van der Waals surface area contributed by atoms with Crippen molar-refractivity contribution in [1.29, 1.82) is 0 Å². The molecule has 0 bridgehead atoms. The van der Waals surface area contributed by atoms with Gasteiger partial charge in [-0.05, 0) is 43.5 Å².